The molecule has 1 aliphatic rings. The van der Waals surface area contributed by atoms with Crippen LogP contribution in [-0.4, -0.2) is 18.6 Å². The van der Waals surface area contributed by atoms with E-state index >= 15 is 0 Å². The summed E-state index contributed by atoms with van der Waals surface area (Å²) in [6, 6.07) is 0. The molecule has 16 heavy (non-hydrogen) atoms. The van der Waals surface area contributed by atoms with Crippen molar-refractivity contribution in [3.63, 3.8) is 0 Å². The van der Waals surface area contributed by atoms with Gasteiger partial charge < -0.3 is 10.5 Å². The van der Waals surface area contributed by atoms with Gasteiger partial charge in [-0.05, 0) is 44.6 Å². The van der Waals surface area contributed by atoms with E-state index in [9.17, 15) is 4.79 Å². The summed E-state index contributed by atoms with van der Waals surface area (Å²) >= 11 is 0. The Kier molecular flexibility index (Phi) is 5.26. The molecule has 1 rings (SSSR count). The van der Waals surface area contributed by atoms with Crippen LogP contribution in [0, 0.1) is 17.8 Å². The maximum Gasteiger partial charge on any atom is 0.309 e. The minimum Gasteiger partial charge on any atom is -0.462 e. The number of carbonyl (C=O) groups excluding carboxylic acids is 1. The van der Waals surface area contributed by atoms with E-state index < -0.39 is 0 Å². The number of carbonyl (C=O) groups is 1. The summed E-state index contributed by atoms with van der Waals surface area (Å²) in [5, 5.41) is 0. The first kappa shape index (κ1) is 13.5. The summed E-state index contributed by atoms with van der Waals surface area (Å²) in [5.74, 6) is 0.941. The number of nitrogens with two attached hydrogens (primary N) is 1. The van der Waals surface area contributed by atoms with Crippen molar-refractivity contribution in [2.75, 3.05) is 6.54 Å². The fourth-order valence-electron chi connectivity index (χ4n) is 2.63. The molecule has 0 saturated heterocycles. The molecule has 0 aromatic heterocycles. The Hall–Kier alpha value is -0.570. The summed E-state index contributed by atoms with van der Waals surface area (Å²) in [6.07, 6.45) is 4.11. The zero-order valence-corrected chi connectivity index (χ0v) is 10.7. The van der Waals surface area contributed by atoms with E-state index in [1.165, 1.54) is 0 Å². The second-order valence-corrected chi connectivity index (χ2v) is 5.41. The third-order valence-electron chi connectivity index (χ3n) is 3.39. The predicted octanol–water partition coefficient (Wildman–Crippen LogP) is 2.34. The molecule has 0 heterocycles. The van der Waals surface area contributed by atoms with Crippen molar-refractivity contribution < 1.29 is 9.53 Å². The van der Waals surface area contributed by atoms with Crippen molar-refractivity contribution in [1.29, 1.82) is 0 Å². The lowest BCUT2D eigenvalue weighted by Gasteiger charge is -2.21. The molecule has 1 aliphatic carbocycles. The highest BCUT2D eigenvalue weighted by molar-refractivity contribution is 5.73. The molecule has 0 amide bonds. The van der Waals surface area contributed by atoms with Crippen molar-refractivity contribution >= 4 is 5.97 Å². The molecule has 0 aliphatic heterocycles. The van der Waals surface area contributed by atoms with Gasteiger partial charge in [0, 0.05) is 0 Å². The SMILES string of the molecule is CC(C)CC(C)OC(=O)C1CCCC1CN. The van der Waals surface area contributed by atoms with Crippen LogP contribution in [0.2, 0.25) is 0 Å². The standard InChI is InChI=1S/C13H25NO2/c1-9(2)7-10(3)16-13(15)12-6-4-5-11(12)8-14/h9-12H,4-8,14H2,1-3H3. The van der Waals surface area contributed by atoms with Crippen LogP contribution < -0.4 is 5.73 Å². The maximum absolute atomic E-state index is 11.9. The summed E-state index contributed by atoms with van der Waals surface area (Å²) in [7, 11) is 0. The van der Waals surface area contributed by atoms with Crippen molar-refractivity contribution in [2.24, 2.45) is 23.5 Å². The van der Waals surface area contributed by atoms with E-state index in [0.717, 1.165) is 25.7 Å². The Bertz CT molecular complexity index is 228. The molecule has 0 aromatic rings. The summed E-state index contributed by atoms with van der Waals surface area (Å²) < 4.78 is 5.48. The van der Waals surface area contributed by atoms with Crippen molar-refractivity contribution in [3.05, 3.63) is 0 Å². The Morgan fingerprint density at radius 1 is 1.38 bits per heavy atom. The largest absolute Gasteiger partial charge is 0.462 e. The van der Waals surface area contributed by atoms with Gasteiger partial charge in [0.1, 0.15) is 0 Å². The summed E-state index contributed by atoms with van der Waals surface area (Å²) in [6.45, 7) is 6.87. The molecule has 2 N–H and O–H groups in total. The minimum atomic E-state index is -0.0268. The molecule has 3 nitrogen and oxygen atoms in total. The lowest BCUT2D eigenvalue weighted by atomic mass is 9.96. The van der Waals surface area contributed by atoms with Crippen molar-refractivity contribution in [2.45, 2.75) is 52.6 Å². The second-order valence-electron chi connectivity index (χ2n) is 5.41. The lowest BCUT2D eigenvalue weighted by Crippen LogP contribution is -2.29. The first-order chi connectivity index (χ1) is 7.54. The van der Waals surface area contributed by atoms with Crippen LogP contribution in [0.3, 0.4) is 0 Å². The van der Waals surface area contributed by atoms with Gasteiger partial charge in [0.15, 0.2) is 0 Å². The van der Waals surface area contributed by atoms with Crippen LogP contribution in [0.5, 0.6) is 0 Å². The molecular weight excluding hydrogens is 202 g/mol. The smallest absolute Gasteiger partial charge is 0.309 e. The topological polar surface area (TPSA) is 52.3 Å². The highest BCUT2D eigenvalue weighted by atomic mass is 16.5. The van der Waals surface area contributed by atoms with Gasteiger partial charge in [-0.15, -0.1) is 0 Å². The average Bonchev–Trinajstić information content (AvgIpc) is 2.63. The van der Waals surface area contributed by atoms with Gasteiger partial charge in [-0.2, -0.15) is 0 Å². The molecular formula is C13H25NO2. The van der Waals surface area contributed by atoms with E-state index in [1.54, 1.807) is 0 Å². The van der Waals surface area contributed by atoms with E-state index in [1.807, 2.05) is 6.92 Å². The Morgan fingerprint density at radius 2 is 2.06 bits per heavy atom. The number of ether oxygens (including phenoxy) is 1. The first-order valence-electron chi connectivity index (χ1n) is 6.45. The van der Waals surface area contributed by atoms with Crippen LogP contribution in [0.15, 0.2) is 0 Å². The van der Waals surface area contributed by atoms with Gasteiger partial charge in [-0.1, -0.05) is 20.3 Å². The van der Waals surface area contributed by atoms with E-state index in [4.69, 9.17) is 10.5 Å². The van der Waals surface area contributed by atoms with Gasteiger partial charge in [0.25, 0.3) is 0 Å². The second kappa shape index (κ2) is 6.24. The third-order valence-corrected chi connectivity index (χ3v) is 3.39. The monoisotopic (exact) mass is 227 g/mol. The normalized spacial score (nSPS) is 27.1. The Balaban J connectivity index is 2.39. The van der Waals surface area contributed by atoms with Gasteiger partial charge in [0.2, 0.25) is 0 Å². The van der Waals surface area contributed by atoms with E-state index in [2.05, 4.69) is 13.8 Å². The highest BCUT2D eigenvalue weighted by Gasteiger charge is 2.33. The maximum atomic E-state index is 11.9. The van der Waals surface area contributed by atoms with Crippen molar-refractivity contribution in [3.8, 4) is 0 Å². The van der Waals surface area contributed by atoms with Gasteiger partial charge in [-0.25, -0.2) is 0 Å². The zero-order chi connectivity index (χ0) is 12.1. The Morgan fingerprint density at radius 3 is 2.62 bits per heavy atom. The van der Waals surface area contributed by atoms with Crippen LogP contribution >= 0.6 is 0 Å². The molecule has 94 valence electrons. The molecule has 0 bridgehead atoms. The molecule has 1 fully saturated rings. The van der Waals surface area contributed by atoms with Crippen LogP contribution in [0.25, 0.3) is 0 Å². The molecule has 1 saturated carbocycles. The average molecular weight is 227 g/mol. The van der Waals surface area contributed by atoms with Gasteiger partial charge >= 0.3 is 5.97 Å². The van der Waals surface area contributed by atoms with E-state index in [-0.39, 0.29) is 18.0 Å². The minimum absolute atomic E-state index is 0.0268. The van der Waals surface area contributed by atoms with Crippen LogP contribution in [-0.2, 0) is 9.53 Å². The quantitative estimate of drug-likeness (QED) is 0.733. The first-order valence-corrected chi connectivity index (χ1v) is 6.45. The van der Waals surface area contributed by atoms with Crippen LogP contribution in [0.1, 0.15) is 46.5 Å². The highest BCUT2D eigenvalue weighted by Crippen LogP contribution is 2.32. The molecule has 3 unspecified atom stereocenters. The zero-order valence-electron chi connectivity index (χ0n) is 10.7. The molecule has 0 spiro atoms. The summed E-state index contributed by atoms with van der Waals surface area (Å²) in [4.78, 5) is 11.9. The predicted molar refractivity (Wildman–Crippen MR) is 64.9 cm³/mol. The Labute approximate surface area is 98.7 Å². The van der Waals surface area contributed by atoms with E-state index in [0.29, 0.717) is 18.4 Å². The number of rotatable bonds is 5. The molecule has 3 heteroatoms. The van der Waals surface area contributed by atoms with Crippen LogP contribution in [0.4, 0.5) is 0 Å². The fourth-order valence-corrected chi connectivity index (χ4v) is 2.63. The molecule has 3 atom stereocenters. The number of hydrogen-bond donors (Lipinski definition) is 1. The number of hydrogen-bond acceptors (Lipinski definition) is 3. The fraction of sp³-hybridized carbons (Fsp3) is 0.923. The molecule has 0 radical (unpaired) electrons. The number of esters is 1. The van der Waals surface area contributed by atoms with Gasteiger partial charge in [-0.3, -0.25) is 4.79 Å². The lowest BCUT2D eigenvalue weighted by molar-refractivity contribution is -0.155. The molecule has 0 aromatic carbocycles. The van der Waals surface area contributed by atoms with Gasteiger partial charge in [0.05, 0.1) is 12.0 Å². The van der Waals surface area contributed by atoms with Crippen molar-refractivity contribution in [1.82, 2.24) is 0 Å². The third kappa shape index (κ3) is 3.78. The summed E-state index contributed by atoms with van der Waals surface area (Å²) in [5.41, 5.74) is 5.67.